The lowest BCUT2D eigenvalue weighted by Gasteiger charge is -2.40. The molecule has 1 aromatic carbocycles. The lowest BCUT2D eigenvalue weighted by molar-refractivity contribution is 0.0514. The van der Waals surface area contributed by atoms with E-state index < -0.39 is 0 Å². The Labute approximate surface area is 172 Å². The SMILES string of the molecule is Cc1ccc(C)c(OCc2cc(C(=O)N3CCN(C4CCCCC4)CC3)no2)c1. The minimum atomic E-state index is -0.0463. The lowest BCUT2D eigenvalue weighted by Crippen LogP contribution is -2.52. The highest BCUT2D eigenvalue weighted by atomic mass is 16.5. The highest BCUT2D eigenvalue weighted by Gasteiger charge is 2.28. The fraction of sp³-hybridized carbons (Fsp3) is 0.565. The van der Waals surface area contributed by atoms with Crippen LogP contribution in [0.4, 0.5) is 0 Å². The van der Waals surface area contributed by atoms with Crippen molar-refractivity contribution in [3.63, 3.8) is 0 Å². The summed E-state index contributed by atoms with van der Waals surface area (Å²) in [5.74, 6) is 1.35. The first-order valence-corrected chi connectivity index (χ1v) is 10.8. The second-order valence-corrected chi connectivity index (χ2v) is 8.36. The minimum Gasteiger partial charge on any atom is -0.485 e. The van der Waals surface area contributed by atoms with Gasteiger partial charge in [0.05, 0.1) is 0 Å². The van der Waals surface area contributed by atoms with E-state index in [-0.39, 0.29) is 12.5 Å². The Morgan fingerprint density at radius 1 is 1.10 bits per heavy atom. The normalized spacial score (nSPS) is 18.8. The molecule has 1 saturated heterocycles. The molecular formula is C23H31N3O3. The second kappa shape index (κ2) is 8.99. The monoisotopic (exact) mass is 397 g/mol. The molecule has 2 heterocycles. The fourth-order valence-corrected chi connectivity index (χ4v) is 4.39. The van der Waals surface area contributed by atoms with Gasteiger partial charge < -0.3 is 14.2 Å². The van der Waals surface area contributed by atoms with Gasteiger partial charge in [-0.25, -0.2) is 0 Å². The van der Waals surface area contributed by atoms with Crippen molar-refractivity contribution in [2.24, 2.45) is 0 Å². The van der Waals surface area contributed by atoms with Crippen molar-refractivity contribution < 1.29 is 14.1 Å². The number of amides is 1. The van der Waals surface area contributed by atoms with Crippen LogP contribution < -0.4 is 4.74 Å². The number of hydrogen-bond donors (Lipinski definition) is 0. The molecule has 0 atom stereocenters. The third-order valence-corrected chi connectivity index (χ3v) is 6.18. The molecule has 1 aliphatic heterocycles. The number of benzene rings is 1. The van der Waals surface area contributed by atoms with E-state index in [1.165, 1.54) is 32.1 Å². The van der Waals surface area contributed by atoms with Gasteiger partial charge in [0.1, 0.15) is 12.4 Å². The van der Waals surface area contributed by atoms with Crippen molar-refractivity contribution in [3.8, 4) is 5.75 Å². The van der Waals surface area contributed by atoms with Crippen LogP contribution in [0, 0.1) is 13.8 Å². The van der Waals surface area contributed by atoms with Gasteiger partial charge in [-0.2, -0.15) is 0 Å². The summed E-state index contributed by atoms with van der Waals surface area (Å²) in [5.41, 5.74) is 2.59. The zero-order valence-corrected chi connectivity index (χ0v) is 17.5. The Balaban J connectivity index is 1.30. The van der Waals surface area contributed by atoms with E-state index in [0.717, 1.165) is 43.1 Å². The van der Waals surface area contributed by atoms with E-state index >= 15 is 0 Å². The average molecular weight is 398 g/mol. The highest BCUT2D eigenvalue weighted by molar-refractivity contribution is 5.92. The maximum Gasteiger partial charge on any atom is 0.276 e. The maximum atomic E-state index is 12.8. The number of rotatable bonds is 5. The highest BCUT2D eigenvalue weighted by Crippen LogP contribution is 2.24. The molecule has 1 amide bonds. The maximum absolute atomic E-state index is 12.8. The van der Waals surface area contributed by atoms with Gasteiger partial charge in [0, 0.05) is 38.3 Å². The molecule has 1 aliphatic carbocycles. The van der Waals surface area contributed by atoms with Crippen LogP contribution in [-0.4, -0.2) is 53.1 Å². The molecule has 2 fully saturated rings. The molecule has 0 spiro atoms. The summed E-state index contributed by atoms with van der Waals surface area (Å²) >= 11 is 0. The van der Waals surface area contributed by atoms with Gasteiger partial charge >= 0.3 is 0 Å². The van der Waals surface area contributed by atoms with Gasteiger partial charge in [0.25, 0.3) is 5.91 Å². The molecule has 1 aromatic heterocycles. The van der Waals surface area contributed by atoms with Crippen LogP contribution in [-0.2, 0) is 6.61 Å². The van der Waals surface area contributed by atoms with E-state index in [2.05, 4.69) is 16.1 Å². The van der Waals surface area contributed by atoms with Gasteiger partial charge in [-0.3, -0.25) is 9.69 Å². The molecule has 2 aliphatic rings. The Bertz CT molecular complexity index is 834. The van der Waals surface area contributed by atoms with Crippen molar-refractivity contribution in [1.29, 1.82) is 0 Å². The van der Waals surface area contributed by atoms with Crippen molar-refractivity contribution in [2.45, 2.75) is 58.6 Å². The number of hydrogen-bond acceptors (Lipinski definition) is 5. The first-order valence-electron chi connectivity index (χ1n) is 10.8. The molecule has 29 heavy (non-hydrogen) atoms. The smallest absolute Gasteiger partial charge is 0.276 e. The van der Waals surface area contributed by atoms with Crippen molar-refractivity contribution >= 4 is 5.91 Å². The second-order valence-electron chi connectivity index (χ2n) is 8.36. The summed E-state index contributed by atoms with van der Waals surface area (Å²) in [6.45, 7) is 7.74. The molecule has 4 rings (SSSR count). The third kappa shape index (κ3) is 4.81. The van der Waals surface area contributed by atoms with Gasteiger partial charge in [0.15, 0.2) is 11.5 Å². The fourth-order valence-electron chi connectivity index (χ4n) is 4.39. The third-order valence-electron chi connectivity index (χ3n) is 6.18. The molecule has 0 radical (unpaired) electrons. The van der Waals surface area contributed by atoms with Crippen LogP contribution in [0.25, 0.3) is 0 Å². The van der Waals surface area contributed by atoms with Gasteiger partial charge in [-0.15, -0.1) is 0 Å². The number of aromatic nitrogens is 1. The Kier molecular flexibility index (Phi) is 6.19. The van der Waals surface area contributed by atoms with E-state index in [9.17, 15) is 4.79 Å². The molecule has 0 bridgehead atoms. The summed E-state index contributed by atoms with van der Waals surface area (Å²) < 4.78 is 11.2. The Morgan fingerprint density at radius 3 is 2.62 bits per heavy atom. The molecule has 6 nitrogen and oxygen atoms in total. The Hall–Kier alpha value is -2.34. The largest absolute Gasteiger partial charge is 0.485 e. The van der Waals surface area contributed by atoms with Crippen molar-refractivity contribution in [1.82, 2.24) is 15.0 Å². The zero-order chi connectivity index (χ0) is 20.2. The molecule has 0 unspecified atom stereocenters. The van der Waals surface area contributed by atoms with Crippen LogP contribution in [0.5, 0.6) is 5.75 Å². The standard InChI is InChI=1S/C23H31N3O3/c1-17-8-9-18(2)22(14-17)28-16-20-15-21(24-29-20)23(27)26-12-10-25(11-13-26)19-6-4-3-5-7-19/h8-9,14-15,19H,3-7,10-13,16H2,1-2H3. The van der Waals surface area contributed by atoms with Gasteiger partial charge in [-0.05, 0) is 43.9 Å². The molecule has 1 saturated carbocycles. The Morgan fingerprint density at radius 2 is 1.86 bits per heavy atom. The average Bonchev–Trinajstić information content (AvgIpc) is 3.24. The topological polar surface area (TPSA) is 58.8 Å². The van der Waals surface area contributed by atoms with E-state index in [4.69, 9.17) is 9.26 Å². The number of nitrogens with zero attached hydrogens (tertiary/aromatic N) is 3. The summed E-state index contributed by atoms with van der Waals surface area (Å²) in [7, 11) is 0. The molecule has 0 N–H and O–H groups in total. The van der Waals surface area contributed by atoms with Crippen molar-refractivity contribution in [2.75, 3.05) is 26.2 Å². The molecule has 2 aromatic rings. The molecular weight excluding hydrogens is 366 g/mol. The van der Waals surface area contributed by atoms with E-state index in [0.29, 0.717) is 17.5 Å². The lowest BCUT2D eigenvalue weighted by atomic mass is 9.94. The molecule has 156 valence electrons. The van der Waals surface area contributed by atoms with Crippen LogP contribution >= 0.6 is 0 Å². The van der Waals surface area contributed by atoms with Gasteiger partial charge in [0.2, 0.25) is 0 Å². The van der Waals surface area contributed by atoms with Crippen LogP contribution in [0.1, 0.15) is 59.5 Å². The number of carbonyl (C=O) groups is 1. The van der Waals surface area contributed by atoms with Crippen LogP contribution in [0.3, 0.4) is 0 Å². The molecule has 6 heteroatoms. The summed E-state index contributed by atoms with van der Waals surface area (Å²) in [5, 5.41) is 3.99. The number of piperazine rings is 1. The van der Waals surface area contributed by atoms with Gasteiger partial charge in [-0.1, -0.05) is 36.6 Å². The predicted octanol–water partition coefficient (Wildman–Crippen LogP) is 3.96. The minimum absolute atomic E-state index is 0.0463. The summed E-state index contributed by atoms with van der Waals surface area (Å²) in [6, 6.07) is 8.51. The van der Waals surface area contributed by atoms with E-state index in [1.807, 2.05) is 30.9 Å². The quantitative estimate of drug-likeness (QED) is 0.764. The predicted molar refractivity (Wildman–Crippen MR) is 111 cm³/mol. The number of carbonyl (C=O) groups excluding carboxylic acids is 1. The summed E-state index contributed by atoms with van der Waals surface area (Å²) in [6.07, 6.45) is 6.67. The number of aryl methyl sites for hydroxylation is 2. The number of ether oxygens (including phenoxy) is 1. The van der Waals surface area contributed by atoms with Crippen LogP contribution in [0.2, 0.25) is 0 Å². The first-order chi connectivity index (χ1) is 14.1. The van der Waals surface area contributed by atoms with E-state index in [1.54, 1.807) is 6.07 Å². The van der Waals surface area contributed by atoms with Crippen molar-refractivity contribution in [3.05, 3.63) is 46.8 Å². The first kappa shape index (κ1) is 20.0. The summed E-state index contributed by atoms with van der Waals surface area (Å²) in [4.78, 5) is 17.3. The zero-order valence-electron chi connectivity index (χ0n) is 17.5. The van der Waals surface area contributed by atoms with Crippen LogP contribution in [0.15, 0.2) is 28.8 Å².